The Morgan fingerprint density at radius 2 is 2.10 bits per heavy atom. The highest BCUT2D eigenvalue weighted by Gasteiger charge is 2.29. The number of fused-ring (bicyclic) bond motifs is 2. The molecular formula is C22H17ClN4O3. The maximum atomic E-state index is 12.2. The van der Waals surface area contributed by atoms with Gasteiger partial charge in [0.05, 0.1) is 35.5 Å². The molecule has 2 aromatic carbocycles. The van der Waals surface area contributed by atoms with Crippen molar-refractivity contribution >= 4 is 28.7 Å². The summed E-state index contributed by atoms with van der Waals surface area (Å²) in [5.41, 5.74) is 10.9. The number of para-hydroxylation sites is 1. The van der Waals surface area contributed by atoms with Gasteiger partial charge in [0, 0.05) is 28.6 Å². The summed E-state index contributed by atoms with van der Waals surface area (Å²) in [7, 11) is 1.47. The highest BCUT2D eigenvalue weighted by molar-refractivity contribution is 6.32. The number of nitrogens with two attached hydrogens (primary N) is 1. The van der Waals surface area contributed by atoms with Gasteiger partial charge < -0.3 is 20.9 Å². The van der Waals surface area contributed by atoms with Crippen LogP contribution in [0.5, 0.6) is 11.5 Å². The van der Waals surface area contributed by atoms with Crippen molar-refractivity contribution in [2.45, 2.75) is 6.04 Å². The molecule has 0 radical (unpaired) electrons. The lowest BCUT2D eigenvalue weighted by Crippen LogP contribution is -2.14. The molecule has 0 fully saturated rings. The number of aromatic hydroxyl groups is 1. The van der Waals surface area contributed by atoms with Gasteiger partial charge in [0.1, 0.15) is 0 Å². The van der Waals surface area contributed by atoms with Crippen LogP contribution in [-0.4, -0.2) is 27.7 Å². The molecule has 1 unspecified atom stereocenters. The molecule has 2 aromatic heterocycles. The number of carbonyl (C=O) groups is 1. The van der Waals surface area contributed by atoms with Crippen LogP contribution in [0.1, 0.15) is 27.5 Å². The van der Waals surface area contributed by atoms with E-state index in [2.05, 4.69) is 10.4 Å². The highest BCUT2D eigenvalue weighted by atomic mass is 35.5. The number of nitrogens with zero attached hydrogens (tertiary/aromatic N) is 2. The summed E-state index contributed by atoms with van der Waals surface area (Å²) in [6.45, 7) is 0. The Balaban J connectivity index is 1.86. The van der Waals surface area contributed by atoms with Crippen molar-refractivity contribution < 1.29 is 14.6 Å². The van der Waals surface area contributed by atoms with Gasteiger partial charge >= 0.3 is 0 Å². The Kier molecular flexibility index (Phi) is 4.08. The number of rotatable bonds is 3. The van der Waals surface area contributed by atoms with Crippen LogP contribution in [0.4, 0.5) is 5.69 Å². The lowest BCUT2D eigenvalue weighted by molar-refractivity contribution is 0.100. The lowest BCUT2D eigenvalue weighted by atomic mass is 9.96. The molecule has 8 heteroatoms. The fourth-order valence-electron chi connectivity index (χ4n) is 4.04. The molecule has 5 rings (SSSR count). The molecule has 4 aromatic rings. The van der Waals surface area contributed by atoms with Gasteiger partial charge in [-0.15, -0.1) is 0 Å². The van der Waals surface area contributed by atoms with Crippen molar-refractivity contribution in [2.75, 3.05) is 12.4 Å². The number of phenols is 1. The topological polar surface area (TPSA) is 102 Å². The van der Waals surface area contributed by atoms with Gasteiger partial charge in [0.15, 0.2) is 11.5 Å². The van der Waals surface area contributed by atoms with Gasteiger partial charge in [-0.2, -0.15) is 5.10 Å². The number of carbonyl (C=O) groups excluding carboxylic acids is 1. The van der Waals surface area contributed by atoms with E-state index in [-0.39, 0.29) is 22.6 Å². The van der Waals surface area contributed by atoms with E-state index in [1.807, 2.05) is 36.5 Å². The standard InChI is InChI=1S/C22H17ClN4O3/c1-30-17-9-11(8-15(23)21(17)28)19-13-6-7-27-20(13)18(14(10-25-27)22(24)29)12-4-2-3-5-16(12)26-19/h2-10,19,26,28H,1H3,(H2,24,29). The zero-order valence-electron chi connectivity index (χ0n) is 15.9. The summed E-state index contributed by atoms with van der Waals surface area (Å²) in [5, 5.41) is 18.3. The first-order chi connectivity index (χ1) is 14.5. The maximum Gasteiger partial charge on any atom is 0.251 e. The summed E-state index contributed by atoms with van der Waals surface area (Å²) in [4.78, 5) is 12.2. The molecule has 0 aliphatic carbocycles. The second kappa shape index (κ2) is 6.67. The molecule has 4 N–H and O–H groups in total. The number of primary amides is 1. The van der Waals surface area contributed by atoms with E-state index in [9.17, 15) is 9.90 Å². The molecule has 1 atom stereocenters. The minimum absolute atomic E-state index is 0.114. The zero-order chi connectivity index (χ0) is 21.0. The molecule has 1 amide bonds. The molecule has 0 spiro atoms. The number of nitrogens with one attached hydrogen (secondary N) is 1. The molecule has 150 valence electrons. The van der Waals surface area contributed by atoms with Crippen LogP contribution in [0.2, 0.25) is 5.02 Å². The molecular weight excluding hydrogens is 404 g/mol. The van der Waals surface area contributed by atoms with Crippen molar-refractivity contribution in [3.05, 3.63) is 76.6 Å². The maximum absolute atomic E-state index is 12.2. The summed E-state index contributed by atoms with van der Waals surface area (Å²) >= 11 is 6.27. The fraction of sp³-hybridized carbons (Fsp3) is 0.0909. The van der Waals surface area contributed by atoms with Crippen LogP contribution in [0.3, 0.4) is 0 Å². The average Bonchev–Trinajstić information content (AvgIpc) is 3.10. The van der Waals surface area contributed by atoms with E-state index in [1.165, 1.54) is 13.3 Å². The van der Waals surface area contributed by atoms with Crippen molar-refractivity contribution in [1.82, 2.24) is 9.61 Å². The number of methoxy groups -OCH3 is 1. The Bertz CT molecular complexity index is 1330. The Labute approximate surface area is 176 Å². The quantitative estimate of drug-likeness (QED) is 0.465. The molecule has 30 heavy (non-hydrogen) atoms. The van der Waals surface area contributed by atoms with Crippen molar-refractivity contribution in [3.63, 3.8) is 0 Å². The van der Waals surface area contributed by atoms with E-state index < -0.39 is 5.91 Å². The zero-order valence-corrected chi connectivity index (χ0v) is 16.6. The summed E-state index contributed by atoms with van der Waals surface area (Å²) in [6.07, 6.45) is 3.33. The summed E-state index contributed by atoms with van der Waals surface area (Å²) < 4.78 is 7.02. The van der Waals surface area contributed by atoms with Gasteiger partial charge in [0.25, 0.3) is 5.91 Å². The van der Waals surface area contributed by atoms with E-state index in [4.69, 9.17) is 22.1 Å². The Morgan fingerprint density at radius 3 is 2.87 bits per heavy atom. The molecule has 7 nitrogen and oxygen atoms in total. The normalized spacial score (nSPS) is 14.7. The number of phenolic OH excluding ortho intramolecular Hbond substituents is 1. The molecule has 1 aliphatic heterocycles. The molecule has 0 saturated carbocycles. The second-order valence-electron chi connectivity index (χ2n) is 7.04. The van der Waals surface area contributed by atoms with E-state index >= 15 is 0 Å². The predicted octanol–water partition coefficient (Wildman–Crippen LogP) is 3.98. The minimum atomic E-state index is -0.547. The Hall–Kier alpha value is -3.71. The van der Waals surface area contributed by atoms with Crippen LogP contribution in [0.15, 0.2) is 54.9 Å². The molecule has 3 heterocycles. The van der Waals surface area contributed by atoms with Gasteiger partial charge in [-0.05, 0) is 29.8 Å². The lowest BCUT2D eigenvalue weighted by Gasteiger charge is -2.21. The first-order valence-electron chi connectivity index (χ1n) is 9.22. The fourth-order valence-corrected chi connectivity index (χ4v) is 4.25. The predicted molar refractivity (Wildman–Crippen MR) is 114 cm³/mol. The largest absolute Gasteiger partial charge is 0.503 e. The van der Waals surface area contributed by atoms with Crippen molar-refractivity contribution in [2.24, 2.45) is 5.73 Å². The minimum Gasteiger partial charge on any atom is -0.503 e. The number of ether oxygens (including phenoxy) is 1. The van der Waals surface area contributed by atoms with Gasteiger partial charge in [-0.1, -0.05) is 29.8 Å². The van der Waals surface area contributed by atoms with Crippen LogP contribution in [0.25, 0.3) is 16.6 Å². The summed E-state index contributed by atoms with van der Waals surface area (Å²) in [6, 6.07) is 12.7. The monoisotopic (exact) mass is 420 g/mol. The number of anilines is 1. The van der Waals surface area contributed by atoms with Gasteiger partial charge in [0.2, 0.25) is 0 Å². The number of benzene rings is 2. The van der Waals surface area contributed by atoms with Crippen LogP contribution in [0, 0.1) is 0 Å². The average molecular weight is 421 g/mol. The third kappa shape index (κ3) is 2.59. The van der Waals surface area contributed by atoms with Crippen LogP contribution >= 0.6 is 11.6 Å². The Morgan fingerprint density at radius 1 is 1.30 bits per heavy atom. The number of hydrogen-bond acceptors (Lipinski definition) is 5. The van der Waals surface area contributed by atoms with Gasteiger partial charge in [-0.3, -0.25) is 4.79 Å². The first-order valence-corrected chi connectivity index (χ1v) is 9.59. The van der Waals surface area contributed by atoms with E-state index in [0.29, 0.717) is 5.56 Å². The smallest absolute Gasteiger partial charge is 0.251 e. The third-order valence-corrected chi connectivity index (χ3v) is 5.68. The SMILES string of the molecule is COc1cc(C2Nc3ccccc3-c3c(C(N)=O)cnn4ccc2c34)cc(Cl)c1O. The van der Waals surface area contributed by atoms with E-state index in [1.54, 1.807) is 16.6 Å². The molecule has 0 bridgehead atoms. The highest BCUT2D eigenvalue weighted by Crippen LogP contribution is 2.45. The number of halogens is 1. The molecule has 0 saturated heterocycles. The summed E-state index contributed by atoms with van der Waals surface area (Å²) in [5.74, 6) is -0.386. The second-order valence-corrected chi connectivity index (χ2v) is 7.45. The van der Waals surface area contributed by atoms with Gasteiger partial charge in [-0.25, -0.2) is 4.52 Å². The number of amides is 1. The third-order valence-electron chi connectivity index (χ3n) is 5.39. The van der Waals surface area contributed by atoms with Crippen LogP contribution < -0.4 is 15.8 Å². The van der Waals surface area contributed by atoms with Crippen LogP contribution in [-0.2, 0) is 0 Å². The van der Waals surface area contributed by atoms with E-state index in [0.717, 1.165) is 33.5 Å². The number of aromatic nitrogens is 2. The molecule has 1 aliphatic rings. The van der Waals surface area contributed by atoms with Crippen molar-refractivity contribution in [1.29, 1.82) is 0 Å². The van der Waals surface area contributed by atoms with Crippen molar-refractivity contribution in [3.8, 4) is 22.6 Å². The first kappa shape index (κ1) is 18.3. The number of hydrogen-bond donors (Lipinski definition) is 3.